The number of likely N-dealkylation sites (tertiary alicyclic amines) is 1. The smallest absolute Gasteiger partial charge is 0.295 e. The first-order valence-corrected chi connectivity index (χ1v) is 10.4. The van der Waals surface area contributed by atoms with Gasteiger partial charge in [0.1, 0.15) is 11.8 Å². The predicted octanol–water partition coefficient (Wildman–Crippen LogP) is 4.23. The fourth-order valence-corrected chi connectivity index (χ4v) is 4.29. The van der Waals surface area contributed by atoms with Gasteiger partial charge in [-0.05, 0) is 30.2 Å². The Morgan fingerprint density at radius 1 is 0.969 bits per heavy atom. The van der Waals surface area contributed by atoms with Crippen molar-refractivity contribution in [3.8, 4) is 0 Å². The maximum Gasteiger partial charge on any atom is 0.295 e. The highest BCUT2D eigenvalue weighted by molar-refractivity contribution is 6.46. The molecule has 1 amide bonds. The molecule has 1 saturated heterocycles. The summed E-state index contributed by atoms with van der Waals surface area (Å²) in [4.78, 5) is 35.3. The fraction of sp³-hybridized carbons (Fsp3) is 0.115. The van der Waals surface area contributed by atoms with E-state index in [1.807, 2.05) is 42.6 Å². The molecule has 5 rings (SSSR count). The number of aromatic nitrogens is 2. The Morgan fingerprint density at radius 3 is 2.50 bits per heavy atom. The maximum absolute atomic E-state index is 13.1. The van der Waals surface area contributed by atoms with E-state index in [4.69, 9.17) is 0 Å². The van der Waals surface area contributed by atoms with E-state index in [-0.39, 0.29) is 11.3 Å². The number of ketones is 1. The molecule has 3 heterocycles. The number of carbonyl (C=O) groups is 2. The molecule has 1 aliphatic heterocycles. The number of aliphatic hydroxyl groups is 1. The van der Waals surface area contributed by atoms with Crippen LogP contribution in [0, 0.1) is 0 Å². The summed E-state index contributed by atoms with van der Waals surface area (Å²) in [6.45, 7) is 0.319. The second kappa shape index (κ2) is 8.15. The first-order chi connectivity index (χ1) is 15.6. The van der Waals surface area contributed by atoms with Crippen molar-refractivity contribution in [2.75, 3.05) is 6.54 Å². The van der Waals surface area contributed by atoms with Gasteiger partial charge < -0.3 is 15.0 Å². The molecule has 158 valence electrons. The SMILES string of the molecule is O=C1C(=O)N(CCc2c[nH]c3ccccc23)[C@@H](c2ccccn2)C1=C(O)c1ccccc1. The van der Waals surface area contributed by atoms with Crippen molar-refractivity contribution in [3.63, 3.8) is 0 Å². The lowest BCUT2D eigenvalue weighted by molar-refractivity contribution is -0.139. The molecule has 0 unspecified atom stereocenters. The van der Waals surface area contributed by atoms with Gasteiger partial charge in [-0.2, -0.15) is 0 Å². The van der Waals surface area contributed by atoms with Crippen LogP contribution >= 0.6 is 0 Å². The summed E-state index contributed by atoms with van der Waals surface area (Å²) in [6, 6.07) is 21.4. The number of fused-ring (bicyclic) bond motifs is 1. The second-order valence-electron chi connectivity index (χ2n) is 7.72. The number of H-pyrrole nitrogens is 1. The Hall–Kier alpha value is -4.19. The zero-order chi connectivity index (χ0) is 22.1. The molecule has 4 aromatic rings. The summed E-state index contributed by atoms with van der Waals surface area (Å²) in [5, 5.41) is 12.1. The van der Waals surface area contributed by atoms with E-state index < -0.39 is 17.7 Å². The van der Waals surface area contributed by atoms with E-state index in [9.17, 15) is 14.7 Å². The zero-order valence-corrected chi connectivity index (χ0v) is 17.2. The summed E-state index contributed by atoms with van der Waals surface area (Å²) >= 11 is 0. The van der Waals surface area contributed by atoms with Gasteiger partial charge in [0, 0.05) is 35.4 Å². The van der Waals surface area contributed by atoms with Crippen LogP contribution in [0.15, 0.2) is 90.8 Å². The van der Waals surface area contributed by atoms with Crippen LogP contribution in [-0.4, -0.2) is 38.2 Å². The Bertz CT molecular complexity index is 1330. The number of rotatable bonds is 5. The highest BCUT2D eigenvalue weighted by atomic mass is 16.3. The van der Waals surface area contributed by atoms with Crippen molar-refractivity contribution in [1.82, 2.24) is 14.9 Å². The van der Waals surface area contributed by atoms with Gasteiger partial charge in [-0.3, -0.25) is 14.6 Å². The molecular weight excluding hydrogens is 402 g/mol. The topological polar surface area (TPSA) is 86.3 Å². The monoisotopic (exact) mass is 423 g/mol. The van der Waals surface area contributed by atoms with Crippen molar-refractivity contribution in [2.45, 2.75) is 12.5 Å². The number of nitrogens with zero attached hydrogens (tertiary/aromatic N) is 2. The minimum atomic E-state index is -0.749. The van der Waals surface area contributed by atoms with E-state index >= 15 is 0 Å². The van der Waals surface area contributed by atoms with Gasteiger partial charge in [-0.1, -0.05) is 54.6 Å². The Balaban J connectivity index is 1.55. The summed E-state index contributed by atoms with van der Waals surface area (Å²) in [5.41, 5.74) is 3.19. The quantitative estimate of drug-likeness (QED) is 0.286. The minimum absolute atomic E-state index is 0.0684. The number of para-hydroxylation sites is 1. The lowest BCUT2D eigenvalue weighted by Crippen LogP contribution is -2.32. The number of hydrogen-bond acceptors (Lipinski definition) is 4. The third-order valence-electron chi connectivity index (χ3n) is 5.85. The molecule has 0 saturated carbocycles. The van der Waals surface area contributed by atoms with Crippen LogP contribution < -0.4 is 0 Å². The van der Waals surface area contributed by atoms with Crippen LogP contribution in [0.1, 0.15) is 22.9 Å². The summed E-state index contributed by atoms with van der Waals surface area (Å²) in [6.07, 6.45) is 4.12. The van der Waals surface area contributed by atoms with Crippen LogP contribution in [0.3, 0.4) is 0 Å². The minimum Gasteiger partial charge on any atom is -0.507 e. The first-order valence-electron chi connectivity index (χ1n) is 10.4. The molecule has 6 heteroatoms. The number of nitrogens with one attached hydrogen (secondary N) is 1. The standard InChI is InChI=1S/C26H21N3O3/c30-24(17-8-2-1-3-9-17)22-23(21-12-6-7-14-27-21)29(26(32)25(22)31)15-13-18-16-28-20-11-5-4-10-19(18)20/h1-12,14,16,23,28,30H,13,15H2/t23-/m0/s1. The molecule has 0 bridgehead atoms. The molecule has 6 nitrogen and oxygen atoms in total. The molecule has 1 aliphatic rings. The van der Waals surface area contributed by atoms with Crippen molar-refractivity contribution in [3.05, 3.63) is 108 Å². The number of Topliss-reactive ketones (excluding diaryl/α,β-unsaturated/α-hetero) is 1. The molecule has 1 fully saturated rings. The number of benzene rings is 2. The van der Waals surface area contributed by atoms with Crippen molar-refractivity contribution in [1.29, 1.82) is 0 Å². The molecule has 2 aromatic carbocycles. The van der Waals surface area contributed by atoms with Crippen molar-refractivity contribution in [2.24, 2.45) is 0 Å². The van der Waals surface area contributed by atoms with Crippen LogP contribution in [0.5, 0.6) is 0 Å². The zero-order valence-electron chi connectivity index (χ0n) is 17.2. The number of aromatic amines is 1. The molecule has 0 aliphatic carbocycles. The first kappa shape index (κ1) is 19.8. The summed E-state index contributed by atoms with van der Waals surface area (Å²) in [7, 11) is 0. The van der Waals surface area contributed by atoms with Crippen LogP contribution in [-0.2, 0) is 16.0 Å². The van der Waals surface area contributed by atoms with Gasteiger partial charge in [-0.25, -0.2) is 0 Å². The van der Waals surface area contributed by atoms with Crippen LogP contribution in [0.25, 0.3) is 16.7 Å². The summed E-state index contributed by atoms with van der Waals surface area (Å²) in [5.74, 6) is -1.51. The molecule has 1 atom stereocenters. The van der Waals surface area contributed by atoms with Gasteiger partial charge in [-0.15, -0.1) is 0 Å². The second-order valence-corrected chi connectivity index (χ2v) is 7.72. The van der Waals surface area contributed by atoms with E-state index in [2.05, 4.69) is 9.97 Å². The molecule has 2 N–H and O–H groups in total. The van der Waals surface area contributed by atoms with Gasteiger partial charge in [0.05, 0.1) is 11.3 Å². The van der Waals surface area contributed by atoms with Gasteiger partial charge in [0.2, 0.25) is 0 Å². The third kappa shape index (κ3) is 3.36. The van der Waals surface area contributed by atoms with E-state index in [1.54, 1.807) is 42.6 Å². The average molecular weight is 423 g/mol. The fourth-order valence-electron chi connectivity index (χ4n) is 4.29. The number of hydrogen-bond donors (Lipinski definition) is 2. The largest absolute Gasteiger partial charge is 0.507 e. The molecule has 2 aromatic heterocycles. The van der Waals surface area contributed by atoms with E-state index in [0.717, 1.165) is 16.5 Å². The molecule has 0 spiro atoms. The van der Waals surface area contributed by atoms with Gasteiger partial charge in [0.15, 0.2) is 0 Å². The summed E-state index contributed by atoms with van der Waals surface area (Å²) < 4.78 is 0. The normalized spacial score (nSPS) is 17.9. The highest BCUT2D eigenvalue weighted by Crippen LogP contribution is 2.38. The number of amides is 1. The third-order valence-corrected chi connectivity index (χ3v) is 5.85. The van der Waals surface area contributed by atoms with Crippen molar-refractivity contribution >= 4 is 28.4 Å². The Kier molecular flexibility index (Phi) is 5.03. The number of carbonyl (C=O) groups excluding carboxylic acids is 2. The Labute approximate surface area is 184 Å². The van der Waals surface area contributed by atoms with Crippen LogP contribution in [0.4, 0.5) is 0 Å². The van der Waals surface area contributed by atoms with E-state index in [1.165, 1.54) is 4.90 Å². The lowest BCUT2D eigenvalue weighted by atomic mass is 9.98. The lowest BCUT2D eigenvalue weighted by Gasteiger charge is -2.24. The maximum atomic E-state index is 13.1. The van der Waals surface area contributed by atoms with Gasteiger partial charge >= 0.3 is 0 Å². The number of aliphatic hydroxyl groups excluding tert-OH is 1. The highest BCUT2D eigenvalue weighted by Gasteiger charge is 2.46. The molecule has 32 heavy (non-hydrogen) atoms. The van der Waals surface area contributed by atoms with E-state index in [0.29, 0.717) is 24.2 Å². The average Bonchev–Trinajstić information content (AvgIpc) is 3.37. The van der Waals surface area contributed by atoms with Crippen LogP contribution in [0.2, 0.25) is 0 Å². The molecular formula is C26H21N3O3. The van der Waals surface area contributed by atoms with Gasteiger partial charge in [0.25, 0.3) is 11.7 Å². The number of pyridine rings is 1. The molecule has 0 radical (unpaired) electrons. The van der Waals surface area contributed by atoms with Crippen molar-refractivity contribution < 1.29 is 14.7 Å². The predicted molar refractivity (Wildman–Crippen MR) is 122 cm³/mol. The Morgan fingerprint density at radius 2 is 1.72 bits per heavy atom.